The number of rotatable bonds is 2. The number of fused-ring (bicyclic) bond motifs is 2. The normalized spacial score (nSPS) is 19.5. The number of ether oxygens (including phenoxy) is 1. The Hall–Kier alpha value is -1.94. The summed E-state index contributed by atoms with van der Waals surface area (Å²) in [6, 6.07) is 14.2. The van der Waals surface area contributed by atoms with Gasteiger partial charge in [-0.1, -0.05) is 37.3 Å². The molecule has 0 fully saturated rings. The number of benzene rings is 2. The van der Waals surface area contributed by atoms with E-state index in [9.17, 15) is 0 Å². The first-order valence-corrected chi connectivity index (χ1v) is 7.48. The molecule has 2 aliphatic heterocycles. The number of hydrogen-bond donors (Lipinski definition) is 0. The predicted octanol–water partition coefficient (Wildman–Crippen LogP) is 2.88. The lowest BCUT2D eigenvalue weighted by atomic mass is 9.77. The van der Waals surface area contributed by atoms with Gasteiger partial charge in [0.2, 0.25) is 0 Å². The van der Waals surface area contributed by atoms with E-state index in [0.29, 0.717) is 12.5 Å². The highest BCUT2D eigenvalue weighted by atomic mass is 16.6. The first kappa shape index (κ1) is 12.8. The second-order valence-electron chi connectivity index (χ2n) is 5.59. The minimum atomic E-state index is -0.333. The quantitative estimate of drug-likeness (QED) is 0.792. The summed E-state index contributed by atoms with van der Waals surface area (Å²) in [5, 5.41) is 0. The average molecular weight is 280 g/mol. The molecule has 4 rings (SSSR count). The van der Waals surface area contributed by atoms with Gasteiger partial charge in [-0.05, 0) is 17.9 Å². The maximum Gasteiger partial charge on any atom is 0.563 e. The van der Waals surface area contributed by atoms with Crippen LogP contribution in [0.15, 0.2) is 42.5 Å². The van der Waals surface area contributed by atoms with Gasteiger partial charge in [-0.25, -0.2) is 0 Å². The molecule has 0 aromatic heterocycles. The topological polar surface area (TPSA) is 27.7 Å². The van der Waals surface area contributed by atoms with Gasteiger partial charge in [0.05, 0.1) is 13.2 Å². The predicted molar refractivity (Wildman–Crippen MR) is 82.2 cm³/mol. The van der Waals surface area contributed by atoms with E-state index < -0.39 is 0 Å². The Morgan fingerprint density at radius 1 is 1.14 bits per heavy atom. The molecule has 4 heteroatoms. The van der Waals surface area contributed by atoms with Gasteiger partial charge in [0.25, 0.3) is 0 Å². The average Bonchev–Trinajstić information content (AvgIpc) is 2.95. The summed E-state index contributed by atoms with van der Waals surface area (Å²) in [7, 11) is -0.333. The van der Waals surface area contributed by atoms with Gasteiger partial charge in [-0.3, -0.25) is 0 Å². The maximum atomic E-state index is 6.01. The van der Waals surface area contributed by atoms with Crippen LogP contribution < -0.4 is 14.9 Å². The summed E-state index contributed by atoms with van der Waals surface area (Å²) in [6.07, 6.45) is 1.10. The van der Waals surface area contributed by atoms with Gasteiger partial charge in [0.1, 0.15) is 11.5 Å². The van der Waals surface area contributed by atoms with Crippen molar-refractivity contribution in [2.75, 3.05) is 6.61 Å². The Morgan fingerprint density at radius 3 is 2.81 bits per heavy atom. The highest BCUT2D eigenvalue weighted by molar-refractivity contribution is 6.62. The van der Waals surface area contributed by atoms with E-state index in [-0.39, 0.29) is 7.12 Å². The van der Waals surface area contributed by atoms with Crippen molar-refractivity contribution in [1.29, 1.82) is 0 Å². The standard InChI is InChI=1S/C17H17BO3/c1-2-12-10-19-17-9-16-13(8-15(12)17)11-20-18(21-16)14-6-4-3-5-7-14/h3-9,12H,2,10-11H2,1H3/t12-/m1/s1. The van der Waals surface area contributed by atoms with Gasteiger partial charge in [0, 0.05) is 23.1 Å². The van der Waals surface area contributed by atoms with Crippen molar-refractivity contribution in [1.82, 2.24) is 0 Å². The van der Waals surface area contributed by atoms with Gasteiger partial charge in [0.15, 0.2) is 0 Å². The molecule has 0 bridgehead atoms. The van der Waals surface area contributed by atoms with Gasteiger partial charge in [-0.2, -0.15) is 0 Å². The van der Waals surface area contributed by atoms with E-state index in [0.717, 1.165) is 35.6 Å². The van der Waals surface area contributed by atoms with Crippen LogP contribution >= 0.6 is 0 Å². The molecule has 0 aliphatic carbocycles. The molecule has 2 aromatic rings. The van der Waals surface area contributed by atoms with Crippen LogP contribution in [0.4, 0.5) is 0 Å². The molecule has 1 atom stereocenters. The highest BCUT2D eigenvalue weighted by Crippen LogP contribution is 2.41. The van der Waals surface area contributed by atoms with E-state index in [1.54, 1.807) is 0 Å². The molecular weight excluding hydrogens is 263 g/mol. The Bertz CT molecular complexity index is 657. The molecule has 2 aliphatic rings. The number of hydrogen-bond acceptors (Lipinski definition) is 3. The van der Waals surface area contributed by atoms with Crippen LogP contribution in [0.3, 0.4) is 0 Å². The van der Waals surface area contributed by atoms with Crippen LogP contribution in [0.5, 0.6) is 11.5 Å². The summed E-state index contributed by atoms with van der Waals surface area (Å²) in [5.41, 5.74) is 3.45. The van der Waals surface area contributed by atoms with Crippen molar-refractivity contribution in [2.24, 2.45) is 0 Å². The lowest BCUT2D eigenvalue weighted by Crippen LogP contribution is -2.42. The van der Waals surface area contributed by atoms with Crippen molar-refractivity contribution in [3.63, 3.8) is 0 Å². The second-order valence-corrected chi connectivity index (χ2v) is 5.59. The molecule has 0 unspecified atom stereocenters. The van der Waals surface area contributed by atoms with E-state index >= 15 is 0 Å². The second kappa shape index (κ2) is 5.12. The fourth-order valence-electron chi connectivity index (χ4n) is 3.00. The highest BCUT2D eigenvalue weighted by Gasteiger charge is 2.32. The fraction of sp³-hybridized carbons (Fsp3) is 0.294. The van der Waals surface area contributed by atoms with E-state index in [1.165, 1.54) is 5.56 Å². The zero-order valence-electron chi connectivity index (χ0n) is 12.0. The van der Waals surface area contributed by atoms with Crippen LogP contribution in [0.1, 0.15) is 30.4 Å². The summed E-state index contributed by atoms with van der Waals surface area (Å²) < 4.78 is 17.7. The lowest BCUT2D eigenvalue weighted by Gasteiger charge is -2.24. The molecule has 21 heavy (non-hydrogen) atoms. The smallest absolute Gasteiger partial charge is 0.532 e. The van der Waals surface area contributed by atoms with Crippen molar-refractivity contribution < 1.29 is 14.0 Å². The molecule has 0 radical (unpaired) electrons. The third-order valence-corrected chi connectivity index (χ3v) is 4.26. The molecule has 2 aromatic carbocycles. The Labute approximate surface area is 125 Å². The van der Waals surface area contributed by atoms with Gasteiger partial charge < -0.3 is 14.0 Å². The molecule has 0 amide bonds. The largest absolute Gasteiger partial charge is 0.563 e. The van der Waals surface area contributed by atoms with Crippen molar-refractivity contribution in [2.45, 2.75) is 25.9 Å². The molecule has 106 valence electrons. The summed E-state index contributed by atoms with van der Waals surface area (Å²) >= 11 is 0. The summed E-state index contributed by atoms with van der Waals surface area (Å²) in [5.74, 6) is 2.34. The Morgan fingerprint density at radius 2 is 2.00 bits per heavy atom. The molecule has 0 spiro atoms. The van der Waals surface area contributed by atoms with Crippen molar-refractivity contribution in [3.8, 4) is 11.5 Å². The van der Waals surface area contributed by atoms with Crippen LogP contribution in [0.25, 0.3) is 0 Å². The minimum absolute atomic E-state index is 0.333. The monoisotopic (exact) mass is 280 g/mol. The molecule has 0 saturated heterocycles. The van der Waals surface area contributed by atoms with Crippen LogP contribution in [0.2, 0.25) is 0 Å². The molecule has 0 saturated carbocycles. The fourth-order valence-corrected chi connectivity index (χ4v) is 3.00. The molecule has 3 nitrogen and oxygen atoms in total. The van der Waals surface area contributed by atoms with Crippen LogP contribution in [0, 0.1) is 0 Å². The Kier molecular flexibility index (Phi) is 3.11. The first-order valence-electron chi connectivity index (χ1n) is 7.48. The summed E-state index contributed by atoms with van der Waals surface area (Å²) in [6.45, 7) is 3.55. The van der Waals surface area contributed by atoms with E-state index in [1.807, 2.05) is 36.4 Å². The van der Waals surface area contributed by atoms with Crippen molar-refractivity contribution in [3.05, 3.63) is 53.6 Å². The third-order valence-electron chi connectivity index (χ3n) is 4.26. The SMILES string of the molecule is CC[C@@H]1COc2cc3c(cc21)COB(c1ccccc1)O3. The zero-order valence-corrected chi connectivity index (χ0v) is 12.0. The molecule has 0 N–H and O–H groups in total. The van der Waals surface area contributed by atoms with Crippen molar-refractivity contribution >= 4 is 12.6 Å². The minimum Gasteiger partial charge on any atom is -0.532 e. The van der Waals surface area contributed by atoms with Crippen LogP contribution in [-0.2, 0) is 11.3 Å². The van der Waals surface area contributed by atoms with Gasteiger partial charge in [-0.15, -0.1) is 0 Å². The lowest BCUT2D eigenvalue weighted by molar-refractivity contribution is 0.237. The summed E-state index contributed by atoms with van der Waals surface area (Å²) in [4.78, 5) is 0. The Balaban J connectivity index is 1.65. The van der Waals surface area contributed by atoms with E-state index in [4.69, 9.17) is 14.0 Å². The molecular formula is C17H17BO3. The van der Waals surface area contributed by atoms with Gasteiger partial charge >= 0.3 is 7.12 Å². The molecule has 2 heterocycles. The first-order chi connectivity index (χ1) is 10.3. The zero-order chi connectivity index (χ0) is 14.2. The maximum absolute atomic E-state index is 6.01. The third kappa shape index (κ3) is 2.20. The van der Waals surface area contributed by atoms with Crippen LogP contribution in [-0.4, -0.2) is 13.7 Å². The van der Waals surface area contributed by atoms with E-state index in [2.05, 4.69) is 13.0 Å².